The van der Waals surface area contributed by atoms with Gasteiger partial charge in [-0.3, -0.25) is 0 Å². The summed E-state index contributed by atoms with van der Waals surface area (Å²) in [5, 5.41) is 3.60. The smallest absolute Gasteiger partial charge is 0.187 e. The summed E-state index contributed by atoms with van der Waals surface area (Å²) in [4.78, 5) is 6.76. The van der Waals surface area contributed by atoms with E-state index in [2.05, 4.69) is 30.7 Å². The molecule has 1 fully saturated rings. The molecule has 0 spiro atoms. The molecule has 3 atom stereocenters. The molecule has 1 aliphatic rings. The van der Waals surface area contributed by atoms with Gasteiger partial charge in [-0.1, -0.05) is 25.4 Å². The maximum Gasteiger partial charge on any atom is 0.187 e. The van der Waals surface area contributed by atoms with Crippen LogP contribution in [0.2, 0.25) is 5.15 Å². The van der Waals surface area contributed by atoms with Gasteiger partial charge in [0.05, 0.1) is 0 Å². The van der Waals surface area contributed by atoms with E-state index in [-0.39, 0.29) is 0 Å². The van der Waals surface area contributed by atoms with Crippen LogP contribution in [0.3, 0.4) is 0 Å². The van der Waals surface area contributed by atoms with Crippen LogP contribution in [0.5, 0.6) is 0 Å². The van der Waals surface area contributed by atoms with E-state index >= 15 is 0 Å². The highest BCUT2D eigenvalue weighted by atomic mass is 35.5. The van der Waals surface area contributed by atoms with Crippen LogP contribution < -0.4 is 4.90 Å². The molecule has 1 aliphatic heterocycles. The highest BCUT2D eigenvalue weighted by Gasteiger charge is 2.30. The Balaban J connectivity index is 2.20. The highest BCUT2D eigenvalue weighted by molar-refractivity contribution is 7.14. The van der Waals surface area contributed by atoms with E-state index in [4.69, 9.17) is 11.6 Å². The third-order valence-corrected chi connectivity index (χ3v) is 4.51. The molecule has 2 heterocycles. The van der Waals surface area contributed by atoms with E-state index in [0.29, 0.717) is 11.2 Å². The molecule has 0 bridgehead atoms. The molecule has 0 amide bonds. The van der Waals surface area contributed by atoms with Gasteiger partial charge in [-0.2, -0.15) is 0 Å². The number of hydrogen-bond acceptors (Lipinski definition) is 3. The third-order valence-electron chi connectivity index (χ3n) is 3.31. The number of halogens is 1. The Morgan fingerprint density at radius 3 is 2.80 bits per heavy atom. The van der Waals surface area contributed by atoms with Crippen molar-refractivity contribution in [3.05, 3.63) is 10.5 Å². The zero-order valence-electron chi connectivity index (χ0n) is 9.40. The topological polar surface area (TPSA) is 16.1 Å². The van der Waals surface area contributed by atoms with Crippen LogP contribution >= 0.6 is 22.9 Å². The summed E-state index contributed by atoms with van der Waals surface area (Å²) >= 11 is 7.52. The van der Waals surface area contributed by atoms with Crippen LogP contribution in [-0.2, 0) is 0 Å². The second-order valence-corrected chi connectivity index (χ2v) is 5.89. The Hall–Kier alpha value is -0.280. The Bertz CT molecular complexity index is 339. The first-order chi connectivity index (χ1) is 7.08. The molecule has 3 unspecified atom stereocenters. The largest absolute Gasteiger partial charge is 0.345 e. The van der Waals surface area contributed by atoms with Gasteiger partial charge in [-0.05, 0) is 25.2 Å². The first kappa shape index (κ1) is 11.2. The SMILES string of the molecule is CC1CC(C)C(C)N(c2nc(Cl)cs2)C1. The van der Waals surface area contributed by atoms with Gasteiger partial charge in [-0.25, -0.2) is 4.98 Å². The number of piperidine rings is 1. The van der Waals surface area contributed by atoms with Crippen molar-refractivity contribution >= 4 is 28.1 Å². The number of thiazole rings is 1. The Morgan fingerprint density at radius 1 is 1.47 bits per heavy atom. The fourth-order valence-corrected chi connectivity index (χ4v) is 3.39. The summed E-state index contributed by atoms with van der Waals surface area (Å²) in [7, 11) is 0. The van der Waals surface area contributed by atoms with E-state index in [1.807, 2.05) is 5.38 Å². The van der Waals surface area contributed by atoms with Gasteiger partial charge in [0.1, 0.15) is 5.15 Å². The number of hydrogen-bond donors (Lipinski definition) is 0. The van der Waals surface area contributed by atoms with Crippen LogP contribution in [0.4, 0.5) is 5.13 Å². The van der Waals surface area contributed by atoms with Crippen LogP contribution in [0.15, 0.2) is 5.38 Å². The van der Waals surface area contributed by atoms with Crippen molar-refractivity contribution in [1.82, 2.24) is 4.98 Å². The summed E-state index contributed by atoms with van der Waals surface area (Å²) in [5.74, 6) is 1.48. The maximum atomic E-state index is 5.87. The fourth-order valence-electron chi connectivity index (χ4n) is 2.35. The van der Waals surface area contributed by atoms with Crippen LogP contribution in [0.25, 0.3) is 0 Å². The molecule has 0 N–H and O–H groups in total. The molecular weight excluding hydrogens is 228 g/mol. The minimum absolute atomic E-state index is 0.573. The first-order valence-electron chi connectivity index (χ1n) is 5.45. The second-order valence-electron chi connectivity index (χ2n) is 4.66. The van der Waals surface area contributed by atoms with Gasteiger partial charge in [0.25, 0.3) is 0 Å². The van der Waals surface area contributed by atoms with Gasteiger partial charge in [0.15, 0.2) is 5.13 Å². The van der Waals surface area contributed by atoms with E-state index < -0.39 is 0 Å². The molecular formula is C11H17ClN2S. The molecule has 1 aromatic rings. The van der Waals surface area contributed by atoms with Crippen molar-refractivity contribution in [3.63, 3.8) is 0 Å². The zero-order valence-corrected chi connectivity index (χ0v) is 11.0. The lowest BCUT2D eigenvalue weighted by atomic mass is 9.86. The van der Waals surface area contributed by atoms with Crippen LogP contribution in [-0.4, -0.2) is 17.6 Å². The Labute approximate surface area is 100 Å². The predicted octanol–water partition coefficient (Wildman–Crippen LogP) is 3.67. The minimum Gasteiger partial charge on any atom is -0.345 e. The predicted molar refractivity (Wildman–Crippen MR) is 66.9 cm³/mol. The van der Waals surface area contributed by atoms with Gasteiger partial charge in [-0.15, -0.1) is 11.3 Å². The van der Waals surface area contributed by atoms with Crippen molar-refractivity contribution in [3.8, 4) is 0 Å². The number of nitrogens with zero attached hydrogens (tertiary/aromatic N) is 2. The monoisotopic (exact) mass is 244 g/mol. The van der Waals surface area contributed by atoms with E-state index in [9.17, 15) is 0 Å². The lowest BCUT2D eigenvalue weighted by Crippen LogP contribution is -2.45. The second kappa shape index (κ2) is 4.30. The molecule has 0 aromatic carbocycles. The van der Waals surface area contributed by atoms with Gasteiger partial charge >= 0.3 is 0 Å². The number of anilines is 1. The summed E-state index contributed by atoms with van der Waals surface area (Å²) in [6.07, 6.45) is 1.32. The fraction of sp³-hybridized carbons (Fsp3) is 0.727. The molecule has 15 heavy (non-hydrogen) atoms. The molecule has 4 heteroatoms. The van der Waals surface area contributed by atoms with Crippen molar-refractivity contribution in [2.75, 3.05) is 11.4 Å². The number of rotatable bonds is 1. The molecule has 2 nitrogen and oxygen atoms in total. The third kappa shape index (κ3) is 2.28. The van der Waals surface area contributed by atoms with Crippen molar-refractivity contribution in [2.24, 2.45) is 11.8 Å². The molecule has 0 aliphatic carbocycles. The standard InChI is InChI=1S/C11H17ClN2S/c1-7-4-8(2)9(3)14(5-7)11-13-10(12)6-15-11/h6-9H,4-5H2,1-3H3. The average molecular weight is 245 g/mol. The van der Waals surface area contributed by atoms with E-state index in [0.717, 1.165) is 23.5 Å². The molecule has 0 saturated carbocycles. The van der Waals surface area contributed by atoms with E-state index in [1.54, 1.807) is 11.3 Å². The Kier molecular flexibility index (Phi) is 3.21. The van der Waals surface area contributed by atoms with Gasteiger partial charge in [0, 0.05) is 18.0 Å². The van der Waals surface area contributed by atoms with Crippen molar-refractivity contribution in [1.29, 1.82) is 0 Å². The molecule has 2 rings (SSSR count). The highest BCUT2D eigenvalue weighted by Crippen LogP contribution is 2.33. The lowest BCUT2D eigenvalue weighted by Gasteiger charge is -2.41. The summed E-state index contributed by atoms with van der Waals surface area (Å²) < 4.78 is 0. The quantitative estimate of drug-likeness (QED) is 0.750. The van der Waals surface area contributed by atoms with Crippen LogP contribution in [0, 0.1) is 11.8 Å². The average Bonchev–Trinajstić information content (AvgIpc) is 2.58. The zero-order chi connectivity index (χ0) is 11.0. The van der Waals surface area contributed by atoms with Gasteiger partial charge < -0.3 is 4.90 Å². The van der Waals surface area contributed by atoms with E-state index in [1.165, 1.54) is 6.42 Å². The lowest BCUT2D eigenvalue weighted by molar-refractivity contribution is 0.297. The number of aromatic nitrogens is 1. The van der Waals surface area contributed by atoms with Crippen molar-refractivity contribution in [2.45, 2.75) is 33.2 Å². The normalized spacial score (nSPS) is 32.0. The first-order valence-corrected chi connectivity index (χ1v) is 6.71. The molecule has 0 radical (unpaired) electrons. The summed E-state index contributed by atoms with van der Waals surface area (Å²) in [6, 6.07) is 0.573. The molecule has 84 valence electrons. The summed E-state index contributed by atoms with van der Waals surface area (Å²) in [5.41, 5.74) is 0. The Morgan fingerprint density at radius 2 is 2.20 bits per heavy atom. The molecule has 1 saturated heterocycles. The maximum absolute atomic E-state index is 5.87. The molecule has 1 aromatic heterocycles. The minimum atomic E-state index is 0.573. The summed E-state index contributed by atoms with van der Waals surface area (Å²) in [6.45, 7) is 8.02. The van der Waals surface area contributed by atoms with Gasteiger partial charge in [0.2, 0.25) is 0 Å². The van der Waals surface area contributed by atoms with Crippen molar-refractivity contribution < 1.29 is 0 Å². The van der Waals surface area contributed by atoms with Crippen LogP contribution in [0.1, 0.15) is 27.2 Å².